The molecule has 0 spiro atoms. The number of hydrogen-bond donors (Lipinski definition) is 1. The molecule has 1 rings (SSSR count). The average molecular weight is 228 g/mol. The quantitative estimate of drug-likeness (QED) is 0.622. The van der Waals surface area contributed by atoms with Crippen LogP contribution >= 0.6 is 15.9 Å². The summed E-state index contributed by atoms with van der Waals surface area (Å²) in [6, 6.07) is 1.83. The lowest BCUT2D eigenvalue weighted by Gasteiger charge is -1.84. The number of halogens is 1. The zero-order chi connectivity index (χ0) is 8.81. The molecule has 1 aromatic heterocycles. The van der Waals surface area contributed by atoms with Gasteiger partial charge in [-0.05, 0) is 40.9 Å². The number of rotatable bonds is 2. The molecular formula is C9H10BrNO. The summed E-state index contributed by atoms with van der Waals surface area (Å²) in [7, 11) is 0. The van der Waals surface area contributed by atoms with Crippen molar-refractivity contribution in [2.24, 2.45) is 5.73 Å². The first-order valence-corrected chi connectivity index (χ1v) is 4.56. The first kappa shape index (κ1) is 9.37. The molecule has 0 aliphatic rings. The molecule has 0 saturated heterocycles. The maximum Gasteiger partial charge on any atom is 0.190 e. The predicted molar refractivity (Wildman–Crippen MR) is 51.6 cm³/mol. The largest absolute Gasteiger partial charge is 0.455 e. The molecule has 0 saturated carbocycles. The van der Waals surface area contributed by atoms with Gasteiger partial charge in [-0.2, -0.15) is 0 Å². The van der Waals surface area contributed by atoms with Gasteiger partial charge in [-0.15, -0.1) is 0 Å². The molecule has 2 nitrogen and oxygen atoms in total. The topological polar surface area (TPSA) is 39.2 Å². The van der Waals surface area contributed by atoms with Gasteiger partial charge in [-0.1, -0.05) is 5.92 Å². The van der Waals surface area contributed by atoms with Gasteiger partial charge in [0.1, 0.15) is 0 Å². The van der Waals surface area contributed by atoms with E-state index in [0.717, 1.165) is 17.3 Å². The van der Waals surface area contributed by atoms with Crippen LogP contribution in [0.4, 0.5) is 0 Å². The molecule has 0 fully saturated rings. The Labute approximate surface area is 80.3 Å². The molecule has 0 aliphatic heterocycles. The molecule has 12 heavy (non-hydrogen) atoms. The first-order chi connectivity index (χ1) is 5.84. The fraction of sp³-hybridized carbons (Fsp3) is 0.333. The second kappa shape index (κ2) is 5.02. The fourth-order valence-electron chi connectivity index (χ4n) is 0.716. The monoisotopic (exact) mass is 227 g/mol. The van der Waals surface area contributed by atoms with E-state index >= 15 is 0 Å². The molecule has 3 heteroatoms. The van der Waals surface area contributed by atoms with Crippen molar-refractivity contribution in [3.05, 3.63) is 22.6 Å². The van der Waals surface area contributed by atoms with Gasteiger partial charge in [0.15, 0.2) is 5.76 Å². The van der Waals surface area contributed by atoms with Crippen LogP contribution in [0.3, 0.4) is 0 Å². The zero-order valence-corrected chi connectivity index (χ0v) is 8.23. The second-order valence-electron chi connectivity index (χ2n) is 2.29. The lowest BCUT2D eigenvalue weighted by atomic mass is 10.3. The summed E-state index contributed by atoms with van der Waals surface area (Å²) in [4.78, 5) is 0. The molecule has 0 aromatic carbocycles. The number of furan rings is 1. The van der Waals surface area contributed by atoms with E-state index in [2.05, 4.69) is 27.8 Å². The number of hydrogen-bond acceptors (Lipinski definition) is 2. The number of nitrogens with two attached hydrogens (primary N) is 1. The Morgan fingerprint density at radius 3 is 3.00 bits per heavy atom. The molecule has 1 heterocycles. The highest BCUT2D eigenvalue weighted by Gasteiger charge is 1.96. The van der Waals surface area contributed by atoms with Gasteiger partial charge in [0.05, 0.1) is 10.7 Å². The van der Waals surface area contributed by atoms with Crippen LogP contribution in [0.25, 0.3) is 0 Å². The van der Waals surface area contributed by atoms with Crippen molar-refractivity contribution < 1.29 is 4.42 Å². The van der Waals surface area contributed by atoms with Crippen molar-refractivity contribution in [1.82, 2.24) is 0 Å². The summed E-state index contributed by atoms with van der Waals surface area (Å²) in [6.07, 6.45) is 3.37. The predicted octanol–water partition coefficient (Wildman–Crippen LogP) is 2.13. The average Bonchev–Trinajstić information content (AvgIpc) is 2.46. The van der Waals surface area contributed by atoms with E-state index in [4.69, 9.17) is 10.2 Å². The van der Waals surface area contributed by atoms with Gasteiger partial charge in [-0.25, -0.2) is 0 Å². The van der Waals surface area contributed by atoms with Crippen LogP contribution in [-0.4, -0.2) is 6.54 Å². The van der Waals surface area contributed by atoms with Gasteiger partial charge < -0.3 is 10.2 Å². The summed E-state index contributed by atoms with van der Waals surface area (Å²) in [6.45, 7) is 0.688. The lowest BCUT2D eigenvalue weighted by Crippen LogP contribution is -1.96. The third kappa shape index (κ3) is 2.72. The molecule has 0 aliphatic carbocycles. The van der Waals surface area contributed by atoms with Crippen molar-refractivity contribution in [2.75, 3.05) is 6.54 Å². The Bertz CT molecular complexity index is 295. The molecule has 0 radical (unpaired) electrons. The Balaban J connectivity index is 2.49. The van der Waals surface area contributed by atoms with Crippen LogP contribution in [0.1, 0.15) is 18.6 Å². The Morgan fingerprint density at radius 2 is 2.42 bits per heavy atom. The maximum absolute atomic E-state index is 5.32. The molecule has 0 atom stereocenters. The molecule has 64 valence electrons. The van der Waals surface area contributed by atoms with E-state index in [-0.39, 0.29) is 0 Å². The standard InChI is InChI=1S/C9H10BrNO/c10-8-5-7-12-9(8)4-2-1-3-6-11/h5,7H,1,3,6,11H2. The Morgan fingerprint density at radius 1 is 1.58 bits per heavy atom. The van der Waals surface area contributed by atoms with Gasteiger partial charge >= 0.3 is 0 Å². The lowest BCUT2D eigenvalue weighted by molar-refractivity contribution is 0.552. The number of unbranched alkanes of at least 4 members (excludes halogenated alkanes) is 1. The highest BCUT2D eigenvalue weighted by atomic mass is 79.9. The van der Waals surface area contributed by atoms with Crippen LogP contribution in [0.2, 0.25) is 0 Å². The third-order valence-electron chi connectivity index (χ3n) is 1.32. The highest BCUT2D eigenvalue weighted by Crippen LogP contribution is 2.15. The van der Waals surface area contributed by atoms with E-state index in [1.165, 1.54) is 0 Å². The molecule has 2 N–H and O–H groups in total. The third-order valence-corrected chi connectivity index (χ3v) is 1.95. The van der Waals surface area contributed by atoms with E-state index in [1.54, 1.807) is 6.26 Å². The Hall–Kier alpha value is -0.720. The summed E-state index contributed by atoms with van der Waals surface area (Å²) in [5.74, 6) is 6.57. The van der Waals surface area contributed by atoms with Gasteiger partial charge in [-0.3, -0.25) is 0 Å². The van der Waals surface area contributed by atoms with E-state index in [0.29, 0.717) is 12.3 Å². The molecule has 0 bridgehead atoms. The van der Waals surface area contributed by atoms with Crippen LogP contribution in [0.15, 0.2) is 21.2 Å². The highest BCUT2D eigenvalue weighted by molar-refractivity contribution is 9.10. The second-order valence-corrected chi connectivity index (χ2v) is 3.15. The van der Waals surface area contributed by atoms with Crippen LogP contribution in [-0.2, 0) is 0 Å². The normalized spacial score (nSPS) is 9.17. The molecular weight excluding hydrogens is 218 g/mol. The minimum absolute atomic E-state index is 0.687. The van der Waals surface area contributed by atoms with Gasteiger partial charge in [0, 0.05) is 6.42 Å². The maximum atomic E-state index is 5.32. The molecule has 0 unspecified atom stereocenters. The minimum Gasteiger partial charge on any atom is -0.455 e. The summed E-state index contributed by atoms with van der Waals surface area (Å²) < 4.78 is 6.00. The smallest absolute Gasteiger partial charge is 0.190 e. The van der Waals surface area contributed by atoms with Crippen molar-refractivity contribution in [3.63, 3.8) is 0 Å². The van der Waals surface area contributed by atoms with E-state index < -0.39 is 0 Å². The van der Waals surface area contributed by atoms with E-state index in [1.807, 2.05) is 6.07 Å². The van der Waals surface area contributed by atoms with E-state index in [9.17, 15) is 0 Å². The van der Waals surface area contributed by atoms with Gasteiger partial charge in [0.2, 0.25) is 0 Å². The fourth-order valence-corrected chi connectivity index (χ4v) is 1.02. The minimum atomic E-state index is 0.687. The Kier molecular flexibility index (Phi) is 3.92. The molecule has 0 amide bonds. The van der Waals surface area contributed by atoms with Crippen molar-refractivity contribution in [1.29, 1.82) is 0 Å². The SMILES string of the molecule is NCCCC#Cc1occc1Br. The van der Waals surface area contributed by atoms with Crippen LogP contribution < -0.4 is 5.73 Å². The molecule has 1 aromatic rings. The van der Waals surface area contributed by atoms with Gasteiger partial charge in [0.25, 0.3) is 0 Å². The van der Waals surface area contributed by atoms with Crippen molar-refractivity contribution in [2.45, 2.75) is 12.8 Å². The zero-order valence-electron chi connectivity index (χ0n) is 6.64. The van der Waals surface area contributed by atoms with Crippen LogP contribution in [0.5, 0.6) is 0 Å². The van der Waals surface area contributed by atoms with Crippen LogP contribution in [0, 0.1) is 11.8 Å². The summed E-state index contributed by atoms with van der Waals surface area (Å²) in [5.41, 5.74) is 5.32. The first-order valence-electron chi connectivity index (χ1n) is 3.76. The van der Waals surface area contributed by atoms with Crippen molar-refractivity contribution in [3.8, 4) is 11.8 Å². The van der Waals surface area contributed by atoms with Crippen molar-refractivity contribution >= 4 is 15.9 Å². The summed E-state index contributed by atoms with van der Waals surface area (Å²) >= 11 is 3.31. The summed E-state index contributed by atoms with van der Waals surface area (Å²) in [5, 5.41) is 0.